The molecule has 120 valence electrons. The van der Waals surface area contributed by atoms with E-state index in [1.807, 2.05) is 0 Å². The van der Waals surface area contributed by atoms with Crippen LogP contribution < -0.4 is 5.32 Å². The fraction of sp³-hybridized carbons (Fsp3) is 0.429. The molecule has 0 unspecified atom stereocenters. The molecule has 1 amide bonds. The van der Waals surface area contributed by atoms with Gasteiger partial charge in [-0.05, 0) is 47.0 Å². The van der Waals surface area contributed by atoms with Gasteiger partial charge in [0.25, 0.3) is 5.91 Å². The van der Waals surface area contributed by atoms with E-state index >= 15 is 0 Å². The molecule has 1 aromatic carbocycles. The lowest BCUT2D eigenvalue weighted by atomic mass is 9.97. The van der Waals surface area contributed by atoms with Gasteiger partial charge in [0.15, 0.2) is 9.84 Å². The average Bonchev–Trinajstić information content (AvgIpc) is 2.87. The molecule has 0 aliphatic heterocycles. The third-order valence-electron chi connectivity index (χ3n) is 3.81. The number of rotatable bonds is 4. The van der Waals surface area contributed by atoms with Crippen LogP contribution in [0.5, 0.6) is 0 Å². The largest absolute Gasteiger partial charge is 0.480 e. The molecule has 0 atom stereocenters. The standard InChI is InChI=1S/C14H16BrNO5S/c1-22(20,21)11-8-9(4-5-10(11)15)12(17)16-14(13(18)19)6-2-3-7-14/h4-5,8H,2-3,6-7H2,1H3,(H,16,17)(H,18,19). The normalized spacial score (nSPS) is 17.2. The van der Waals surface area contributed by atoms with Crippen LogP contribution in [0.2, 0.25) is 0 Å². The van der Waals surface area contributed by atoms with Crippen molar-refractivity contribution in [2.24, 2.45) is 0 Å². The van der Waals surface area contributed by atoms with Gasteiger partial charge in [0.1, 0.15) is 5.54 Å². The lowest BCUT2D eigenvalue weighted by Gasteiger charge is -2.25. The minimum absolute atomic E-state index is 0.00375. The maximum atomic E-state index is 12.3. The smallest absolute Gasteiger partial charge is 0.329 e. The van der Waals surface area contributed by atoms with E-state index in [9.17, 15) is 23.1 Å². The molecule has 6 nitrogen and oxygen atoms in total. The Labute approximate surface area is 137 Å². The number of halogens is 1. The van der Waals surface area contributed by atoms with E-state index in [0.29, 0.717) is 17.3 Å². The van der Waals surface area contributed by atoms with Crippen LogP contribution in [-0.2, 0) is 14.6 Å². The van der Waals surface area contributed by atoms with Crippen LogP contribution in [0.4, 0.5) is 0 Å². The van der Waals surface area contributed by atoms with Gasteiger partial charge in [-0.2, -0.15) is 0 Å². The van der Waals surface area contributed by atoms with Gasteiger partial charge in [-0.1, -0.05) is 12.8 Å². The number of nitrogens with one attached hydrogen (secondary N) is 1. The van der Waals surface area contributed by atoms with E-state index < -0.39 is 27.3 Å². The van der Waals surface area contributed by atoms with Crippen molar-refractivity contribution in [2.45, 2.75) is 36.1 Å². The van der Waals surface area contributed by atoms with Crippen LogP contribution in [0.3, 0.4) is 0 Å². The molecule has 1 fully saturated rings. The fourth-order valence-corrected chi connectivity index (χ4v) is 4.48. The summed E-state index contributed by atoms with van der Waals surface area (Å²) < 4.78 is 23.7. The van der Waals surface area contributed by atoms with Crippen LogP contribution in [-0.4, -0.2) is 37.2 Å². The number of hydrogen-bond donors (Lipinski definition) is 2. The molecular weight excluding hydrogens is 374 g/mol. The molecule has 0 spiro atoms. The number of amides is 1. The highest BCUT2D eigenvalue weighted by Crippen LogP contribution is 2.30. The van der Waals surface area contributed by atoms with E-state index in [4.69, 9.17) is 0 Å². The van der Waals surface area contributed by atoms with Crippen molar-refractivity contribution in [1.82, 2.24) is 5.32 Å². The van der Waals surface area contributed by atoms with Crippen molar-refractivity contribution in [3.8, 4) is 0 Å². The molecular formula is C14H16BrNO5S. The van der Waals surface area contributed by atoms with Crippen LogP contribution >= 0.6 is 15.9 Å². The first-order chi connectivity index (χ1) is 10.2. The first-order valence-corrected chi connectivity index (χ1v) is 9.40. The van der Waals surface area contributed by atoms with E-state index in [1.165, 1.54) is 18.2 Å². The van der Waals surface area contributed by atoms with E-state index in [-0.39, 0.29) is 10.5 Å². The van der Waals surface area contributed by atoms with Gasteiger partial charge in [-0.25, -0.2) is 13.2 Å². The molecule has 1 aliphatic carbocycles. The van der Waals surface area contributed by atoms with Gasteiger partial charge in [-0.15, -0.1) is 0 Å². The van der Waals surface area contributed by atoms with Crippen molar-refractivity contribution >= 4 is 37.6 Å². The summed E-state index contributed by atoms with van der Waals surface area (Å²) in [6.07, 6.45) is 3.28. The summed E-state index contributed by atoms with van der Waals surface area (Å²) in [5, 5.41) is 11.9. The summed E-state index contributed by atoms with van der Waals surface area (Å²) in [6.45, 7) is 0. The molecule has 0 bridgehead atoms. The molecule has 2 N–H and O–H groups in total. The number of hydrogen-bond acceptors (Lipinski definition) is 4. The Morgan fingerprint density at radius 2 is 1.86 bits per heavy atom. The van der Waals surface area contributed by atoms with Crippen LogP contribution in [0.1, 0.15) is 36.0 Å². The molecule has 8 heteroatoms. The second-order valence-electron chi connectivity index (χ2n) is 5.47. The Hall–Kier alpha value is -1.41. The van der Waals surface area contributed by atoms with Crippen molar-refractivity contribution in [3.63, 3.8) is 0 Å². The zero-order valence-corrected chi connectivity index (χ0v) is 14.3. The molecule has 1 saturated carbocycles. The lowest BCUT2D eigenvalue weighted by Crippen LogP contribution is -2.52. The van der Waals surface area contributed by atoms with E-state index in [2.05, 4.69) is 21.2 Å². The highest BCUT2D eigenvalue weighted by atomic mass is 79.9. The minimum Gasteiger partial charge on any atom is -0.480 e. The fourth-order valence-electron chi connectivity index (χ4n) is 2.59. The van der Waals surface area contributed by atoms with Crippen molar-refractivity contribution in [3.05, 3.63) is 28.2 Å². The zero-order chi connectivity index (χ0) is 16.5. The summed E-state index contributed by atoms with van der Waals surface area (Å²) >= 11 is 3.13. The van der Waals surface area contributed by atoms with Gasteiger partial charge >= 0.3 is 5.97 Å². The zero-order valence-electron chi connectivity index (χ0n) is 11.9. The Morgan fingerprint density at radius 3 is 2.36 bits per heavy atom. The molecule has 1 aliphatic rings. The predicted octanol–water partition coefficient (Wildman–Crippen LogP) is 1.98. The third kappa shape index (κ3) is 3.33. The second kappa shape index (κ2) is 6.00. The monoisotopic (exact) mass is 389 g/mol. The van der Waals surface area contributed by atoms with Gasteiger partial charge < -0.3 is 10.4 Å². The van der Waals surface area contributed by atoms with Crippen molar-refractivity contribution in [2.75, 3.05) is 6.26 Å². The maximum Gasteiger partial charge on any atom is 0.329 e. The van der Waals surface area contributed by atoms with Gasteiger partial charge in [0, 0.05) is 16.3 Å². The van der Waals surface area contributed by atoms with Crippen LogP contribution in [0.15, 0.2) is 27.6 Å². The number of aliphatic carboxylic acids is 1. The van der Waals surface area contributed by atoms with Crippen molar-refractivity contribution < 1.29 is 23.1 Å². The number of sulfone groups is 1. The Kier molecular flexibility index (Phi) is 4.62. The average molecular weight is 390 g/mol. The molecule has 1 aromatic rings. The first-order valence-electron chi connectivity index (χ1n) is 6.71. The number of benzene rings is 1. The third-order valence-corrected chi connectivity index (χ3v) is 5.90. The minimum atomic E-state index is -3.49. The second-order valence-corrected chi connectivity index (χ2v) is 8.30. The van der Waals surface area contributed by atoms with Crippen LogP contribution in [0.25, 0.3) is 0 Å². The summed E-state index contributed by atoms with van der Waals surface area (Å²) in [5.74, 6) is -1.64. The molecule has 0 aromatic heterocycles. The Balaban J connectivity index is 2.33. The van der Waals surface area contributed by atoms with E-state index in [0.717, 1.165) is 19.1 Å². The Morgan fingerprint density at radius 1 is 1.27 bits per heavy atom. The summed E-state index contributed by atoms with van der Waals surface area (Å²) in [5.41, 5.74) is -1.13. The first kappa shape index (κ1) is 17.0. The number of carbonyl (C=O) groups excluding carboxylic acids is 1. The highest BCUT2D eigenvalue weighted by molar-refractivity contribution is 9.10. The molecule has 22 heavy (non-hydrogen) atoms. The quantitative estimate of drug-likeness (QED) is 0.819. The predicted molar refractivity (Wildman–Crippen MR) is 83.6 cm³/mol. The van der Waals surface area contributed by atoms with Gasteiger partial charge in [0.05, 0.1) is 4.90 Å². The SMILES string of the molecule is CS(=O)(=O)c1cc(C(=O)NC2(C(=O)O)CCCC2)ccc1Br. The molecule has 2 rings (SSSR count). The van der Waals surface area contributed by atoms with Gasteiger partial charge in [0.2, 0.25) is 0 Å². The number of carbonyl (C=O) groups is 2. The summed E-state index contributed by atoms with van der Waals surface area (Å²) in [6, 6.07) is 4.17. The maximum absolute atomic E-state index is 12.3. The lowest BCUT2D eigenvalue weighted by molar-refractivity contribution is -0.144. The Bertz CT molecular complexity index is 723. The van der Waals surface area contributed by atoms with Crippen LogP contribution in [0, 0.1) is 0 Å². The molecule has 0 radical (unpaired) electrons. The summed E-state index contributed by atoms with van der Waals surface area (Å²) in [4.78, 5) is 23.8. The van der Waals surface area contributed by atoms with Gasteiger partial charge in [-0.3, -0.25) is 4.79 Å². The number of carboxylic acid groups (broad SMARTS) is 1. The topological polar surface area (TPSA) is 101 Å². The number of carboxylic acids is 1. The molecule has 0 heterocycles. The highest BCUT2D eigenvalue weighted by Gasteiger charge is 2.42. The van der Waals surface area contributed by atoms with Crippen molar-refractivity contribution in [1.29, 1.82) is 0 Å². The summed E-state index contributed by atoms with van der Waals surface area (Å²) in [7, 11) is -3.49. The van der Waals surface area contributed by atoms with E-state index in [1.54, 1.807) is 0 Å². The molecule has 0 saturated heterocycles.